The van der Waals surface area contributed by atoms with Crippen molar-refractivity contribution >= 4 is 34.6 Å². The van der Waals surface area contributed by atoms with Crippen LogP contribution in [0.3, 0.4) is 0 Å². The number of rotatable bonds is 11. The van der Waals surface area contributed by atoms with Gasteiger partial charge in [0.05, 0.1) is 35.0 Å². The monoisotopic (exact) mass is 715 g/mol. The van der Waals surface area contributed by atoms with E-state index >= 15 is 0 Å². The number of halogens is 2. The summed E-state index contributed by atoms with van der Waals surface area (Å²) in [5.74, 6) is 1.17. The highest BCUT2D eigenvalue weighted by atomic mass is 35.5. The zero-order chi connectivity index (χ0) is 35.2. The normalized spacial score (nSPS) is 20.2. The number of aliphatic hydroxyl groups is 1. The Balaban J connectivity index is 1.14. The molecule has 1 atom stereocenters. The van der Waals surface area contributed by atoms with Gasteiger partial charge in [0.1, 0.15) is 11.3 Å². The Hall–Kier alpha value is -4.26. The van der Waals surface area contributed by atoms with Gasteiger partial charge < -0.3 is 25.8 Å². The average Bonchev–Trinajstić information content (AvgIpc) is 3.71. The quantitative estimate of drug-likeness (QED) is 0.148. The van der Waals surface area contributed by atoms with Crippen LogP contribution in [0.25, 0.3) is 39.0 Å². The van der Waals surface area contributed by atoms with E-state index in [0.717, 1.165) is 39.8 Å². The fraction of sp³-hybridized carbons (Fsp3) is 0.351. The topological polar surface area (TPSA) is 135 Å². The van der Waals surface area contributed by atoms with E-state index in [1.54, 1.807) is 29.3 Å². The number of benzene rings is 2. The summed E-state index contributed by atoms with van der Waals surface area (Å²) in [4.78, 5) is 29.7. The molecule has 7 rings (SSSR count). The Morgan fingerprint density at radius 2 is 1.72 bits per heavy atom. The maximum absolute atomic E-state index is 13.4. The van der Waals surface area contributed by atoms with E-state index in [4.69, 9.17) is 38.0 Å². The molecule has 0 spiro atoms. The minimum Gasteiger partial charge on any atom is -0.481 e. The van der Waals surface area contributed by atoms with E-state index in [-0.39, 0.29) is 23.6 Å². The second-order valence-corrected chi connectivity index (χ2v) is 14.2. The summed E-state index contributed by atoms with van der Waals surface area (Å²) in [5, 5.41) is 25.5. The number of aromatic nitrogens is 4. The number of hydrogen-bond acceptors (Lipinski definition) is 8. The maximum atomic E-state index is 13.4. The predicted octanol–water partition coefficient (Wildman–Crippen LogP) is 5.12. The van der Waals surface area contributed by atoms with Crippen molar-refractivity contribution in [1.29, 1.82) is 0 Å². The van der Waals surface area contributed by atoms with Crippen molar-refractivity contribution in [2.24, 2.45) is 7.05 Å². The lowest BCUT2D eigenvalue weighted by molar-refractivity contribution is -0.119. The van der Waals surface area contributed by atoms with E-state index in [2.05, 4.69) is 16.0 Å². The molecule has 0 unspecified atom stereocenters. The molecule has 3 aromatic heterocycles. The summed E-state index contributed by atoms with van der Waals surface area (Å²) >= 11 is 14.2. The summed E-state index contributed by atoms with van der Waals surface area (Å²) in [6.07, 6.45) is 4.53. The van der Waals surface area contributed by atoms with Crippen LogP contribution >= 0.6 is 23.2 Å². The lowest BCUT2D eigenvalue weighted by atomic mass is 9.77. The fourth-order valence-electron chi connectivity index (χ4n) is 6.90. The molecule has 1 amide bonds. The van der Waals surface area contributed by atoms with Gasteiger partial charge in [-0.05, 0) is 38.3 Å². The molecule has 0 bridgehead atoms. The molecule has 50 heavy (non-hydrogen) atoms. The predicted molar refractivity (Wildman–Crippen MR) is 194 cm³/mol. The highest BCUT2D eigenvalue weighted by molar-refractivity contribution is 6.39. The number of carbonyl (C=O) groups is 1. The van der Waals surface area contributed by atoms with Crippen LogP contribution in [0.15, 0.2) is 65.6 Å². The van der Waals surface area contributed by atoms with Gasteiger partial charge in [0.15, 0.2) is 0 Å². The molecule has 2 fully saturated rings. The van der Waals surface area contributed by atoms with Crippen LogP contribution in [0.4, 0.5) is 0 Å². The third kappa shape index (κ3) is 6.76. The standard InChI is InChI=1S/C37H39Cl2N7O4/c1-37(49)15-24(16-37)41-19-31-44-46-20-22(14-30(46)36(48)45(31)2)25-6-4-7-26(33(25)38)27-8-5-9-28(34(27)39)29-12-10-21(35(43-29)50-3)17-40-18-23-11-13-32(47)42-23/h4-10,12,14,20,23-24,40-41,49H,11,13,15-19H2,1-3H3,(H,42,47)/t23-,24-,37-/m0/s1. The molecule has 1 saturated carbocycles. The molecular formula is C37H39Cl2N7O4. The van der Waals surface area contributed by atoms with Crippen LogP contribution in [0.2, 0.25) is 10.0 Å². The largest absolute Gasteiger partial charge is 0.481 e. The van der Waals surface area contributed by atoms with Gasteiger partial charge in [-0.25, -0.2) is 9.50 Å². The fourth-order valence-corrected chi connectivity index (χ4v) is 7.56. The Morgan fingerprint density at radius 3 is 2.40 bits per heavy atom. The van der Waals surface area contributed by atoms with Crippen LogP contribution in [0.1, 0.15) is 44.0 Å². The van der Waals surface area contributed by atoms with Crippen LogP contribution in [-0.2, 0) is 24.9 Å². The third-order valence-corrected chi connectivity index (χ3v) is 10.5. The second kappa shape index (κ2) is 13.8. The zero-order valence-electron chi connectivity index (χ0n) is 28.1. The van der Waals surface area contributed by atoms with Gasteiger partial charge in [-0.3, -0.25) is 14.2 Å². The Kier molecular flexibility index (Phi) is 9.44. The number of hydrogen-bond donors (Lipinski definition) is 4. The van der Waals surface area contributed by atoms with E-state index < -0.39 is 5.60 Å². The number of amides is 1. The van der Waals surface area contributed by atoms with Crippen LogP contribution in [-0.4, -0.2) is 61.5 Å². The second-order valence-electron chi connectivity index (χ2n) is 13.5. The molecule has 1 aliphatic carbocycles. The number of fused-ring (bicyclic) bond motifs is 1. The maximum Gasteiger partial charge on any atom is 0.277 e. The van der Waals surface area contributed by atoms with Crippen molar-refractivity contribution in [3.8, 4) is 39.4 Å². The Labute approximate surface area is 299 Å². The van der Waals surface area contributed by atoms with E-state index in [0.29, 0.717) is 71.9 Å². The molecule has 13 heteroatoms. The average molecular weight is 717 g/mol. The number of nitrogens with zero attached hydrogens (tertiary/aromatic N) is 4. The SMILES string of the molecule is COc1nc(-c2cccc(-c3cccc(-c4cc5c(=O)n(C)c(CN[C@H]6C[C@](C)(O)C6)nn5c4)c3Cl)c2Cl)ccc1CNC[C@@H]1CCC(=O)N1. The molecule has 2 aromatic carbocycles. The van der Waals surface area contributed by atoms with Crippen LogP contribution in [0.5, 0.6) is 5.88 Å². The first-order valence-corrected chi connectivity index (χ1v) is 17.4. The van der Waals surface area contributed by atoms with E-state index in [9.17, 15) is 14.7 Å². The van der Waals surface area contributed by atoms with Crippen molar-refractivity contribution in [3.63, 3.8) is 0 Å². The molecule has 4 N–H and O–H groups in total. The first-order valence-electron chi connectivity index (χ1n) is 16.7. The van der Waals surface area contributed by atoms with Gasteiger partial charge in [-0.1, -0.05) is 65.7 Å². The van der Waals surface area contributed by atoms with Crippen molar-refractivity contribution in [2.45, 2.75) is 63.4 Å². The summed E-state index contributed by atoms with van der Waals surface area (Å²) < 4.78 is 8.80. The highest BCUT2D eigenvalue weighted by Gasteiger charge is 2.38. The summed E-state index contributed by atoms with van der Waals surface area (Å²) in [5.41, 5.74) is 4.87. The highest BCUT2D eigenvalue weighted by Crippen LogP contribution is 2.42. The molecule has 4 heterocycles. The van der Waals surface area contributed by atoms with E-state index in [1.807, 2.05) is 61.7 Å². The Morgan fingerprint density at radius 1 is 1.02 bits per heavy atom. The third-order valence-electron chi connectivity index (χ3n) is 9.65. The lowest BCUT2D eigenvalue weighted by Gasteiger charge is -2.41. The summed E-state index contributed by atoms with van der Waals surface area (Å²) in [6, 6.07) is 17.5. The molecule has 0 radical (unpaired) electrons. The summed E-state index contributed by atoms with van der Waals surface area (Å²) in [6.45, 7) is 3.44. The molecule has 1 aliphatic heterocycles. The number of methoxy groups -OCH3 is 1. The van der Waals surface area contributed by atoms with Gasteiger partial charge in [0, 0.05) is 78.2 Å². The van der Waals surface area contributed by atoms with Gasteiger partial charge in [-0.15, -0.1) is 0 Å². The first-order chi connectivity index (χ1) is 24.0. The molecule has 260 valence electrons. The van der Waals surface area contributed by atoms with Gasteiger partial charge in [-0.2, -0.15) is 5.10 Å². The minimum atomic E-state index is -0.638. The smallest absolute Gasteiger partial charge is 0.277 e. The number of carbonyl (C=O) groups excluding carboxylic acids is 1. The first kappa shape index (κ1) is 34.2. The van der Waals surface area contributed by atoms with Gasteiger partial charge in [0.25, 0.3) is 5.56 Å². The van der Waals surface area contributed by atoms with Gasteiger partial charge in [0.2, 0.25) is 11.8 Å². The molecule has 2 aliphatic rings. The van der Waals surface area contributed by atoms with E-state index in [1.165, 1.54) is 0 Å². The minimum absolute atomic E-state index is 0.0925. The summed E-state index contributed by atoms with van der Waals surface area (Å²) in [7, 11) is 3.30. The number of pyridine rings is 1. The Bertz CT molecular complexity index is 2150. The zero-order valence-corrected chi connectivity index (χ0v) is 29.6. The molecule has 11 nitrogen and oxygen atoms in total. The van der Waals surface area contributed by atoms with Crippen LogP contribution < -0.4 is 26.2 Å². The van der Waals surface area contributed by atoms with Crippen molar-refractivity contribution in [3.05, 3.63) is 92.6 Å². The van der Waals surface area contributed by atoms with Crippen molar-refractivity contribution < 1.29 is 14.6 Å². The van der Waals surface area contributed by atoms with Crippen molar-refractivity contribution in [2.75, 3.05) is 13.7 Å². The van der Waals surface area contributed by atoms with Gasteiger partial charge >= 0.3 is 0 Å². The molecular weight excluding hydrogens is 677 g/mol. The number of nitrogens with one attached hydrogen (secondary N) is 3. The molecule has 1 saturated heterocycles. The van der Waals surface area contributed by atoms with Crippen molar-refractivity contribution in [1.82, 2.24) is 35.1 Å². The molecule has 5 aromatic rings. The van der Waals surface area contributed by atoms with Crippen LogP contribution in [0, 0.1) is 0 Å². The lowest BCUT2D eigenvalue weighted by Crippen LogP contribution is -2.51. The number of ether oxygens (including phenoxy) is 1.